The summed E-state index contributed by atoms with van der Waals surface area (Å²) in [4.78, 5) is 21.6. The molecule has 0 saturated heterocycles. The Bertz CT molecular complexity index is 709. The van der Waals surface area contributed by atoms with Crippen molar-refractivity contribution in [1.29, 1.82) is 0 Å². The smallest absolute Gasteiger partial charge is 0.289 e. The van der Waals surface area contributed by atoms with Crippen molar-refractivity contribution in [3.05, 3.63) is 34.4 Å². The lowest BCUT2D eigenvalue weighted by Gasteiger charge is -2.22. The molecule has 0 aliphatic carbocycles. The monoisotopic (exact) mass is 394 g/mol. The first-order chi connectivity index (χ1) is 11.1. The van der Waals surface area contributed by atoms with Gasteiger partial charge >= 0.3 is 0 Å². The van der Waals surface area contributed by atoms with Gasteiger partial charge in [0.1, 0.15) is 0 Å². The SMILES string of the molecule is CCCC(C)(N)C(=O)NCCNS(=O)(=O)c1ccccc1[N+](=O)[O-].Cl. The number of carbonyl (C=O) groups excluding carboxylic acids is 1. The summed E-state index contributed by atoms with van der Waals surface area (Å²) in [6.45, 7) is 3.42. The van der Waals surface area contributed by atoms with Crippen molar-refractivity contribution in [2.45, 2.75) is 37.1 Å². The summed E-state index contributed by atoms with van der Waals surface area (Å²) in [6, 6.07) is 5.04. The van der Waals surface area contributed by atoms with Crippen molar-refractivity contribution in [2.24, 2.45) is 5.73 Å². The molecule has 0 bridgehead atoms. The van der Waals surface area contributed by atoms with Crippen LogP contribution in [0.4, 0.5) is 5.69 Å². The van der Waals surface area contributed by atoms with Gasteiger partial charge in [-0.1, -0.05) is 25.5 Å². The lowest BCUT2D eigenvalue weighted by atomic mass is 9.97. The van der Waals surface area contributed by atoms with Gasteiger partial charge in [0, 0.05) is 19.2 Å². The molecule has 11 heteroatoms. The van der Waals surface area contributed by atoms with Crippen molar-refractivity contribution in [2.75, 3.05) is 13.1 Å². The van der Waals surface area contributed by atoms with Gasteiger partial charge < -0.3 is 11.1 Å². The van der Waals surface area contributed by atoms with Crippen molar-refractivity contribution >= 4 is 34.0 Å². The predicted octanol–water partition coefficient (Wildman–Crippen LogP) is 0.929. The molecule has 1 atom stereocenters. The molecular weight excluding hydrogens is 372 g/mol. The summed E-state index contributed by atoms with van der Waals surface area (Å²) >= 11 is 0. The second-order valence-corrected chi connectivity index (χ2v) is 7.28. The van der Waals surface area contributed by atoms with Crippen LogP contribution >= 0.6 is 12.4 Å². The topological polar surface area (TPSA) is 144 Å². The number of halogens is 1. The number of carbonyl (C=O) groups is 1. The molecule has 0 aromatic heterocycles. The highest BCUT2D eigenvalue weighted by Crippen LogP contribution is 2.22. The number of benzene rings is 1. The molecule has 9 nitrogen and oxygen atoms in total. The molecule has 0 aliphatic heterocycles. The van der Waals surface area contributed by atoms with Gasteiger partial charge in [-0.25, -0.2) is 13.1 Å². The number of nitrogens with zero attached hydrogens (tertiary/aromatic N) is 1. The highest BCUT2D eigenvalue weighted by molar-refractivity contribution is 7.89. The third-order valence-corrected chi connectivity index (χ3v) is 4.85. The van der Waals surface area contributed by atoms with E-state index >= 15 is 0 Å². The van der Waals surface area contributed by atoms with Crippen molar-refractivity contribution in [1.82, 2.24) is 10.0 Å². The molecule has 0 aliphatic rings. The van der Waals surface area contributed by atoms with Crippen LogP contribution in [0, 0.1) is 10.1 Å². The number of hydrogen-bond acceptors (Lipinski definition) is 6. The maximum Gasteiger partial charge on any atom is 0.289 e. The molecule has 0 heterocycles. The Balaban J connectivity index is 0.00000576. The van der Waals surface area contributed by atoms with Crippen LogP contribution in [0.25, 0.3) is 0 Å². The van der Waals surface area contributed by atoms with E-state index < -0.39 is 31.1 Å². The quantitative estimate of drug-likeness (QED) is 0.322. The van der Waals surface area contributed by atoms with Gasteiger partial charge in [0.25, 0.3) is 5.69 Å². The molecule has 1 unspecified atom stereocenters. The number of hydrogen-bond donors (Lipinski definition) is 3. The van der Waals surface area contributed by atoms with Gasteiger partial charge in [0.2, 0.25) is 15.9 Å². The average Bonchev–Trinajstić information content (AvgIpc) is 2.51. The standard InChI is InChI=1S/C14H22N4O5S.ClH/c1-3-8-14(2,15)13(19)16-9-10-17-24(22,23)12-7-5-4-6-11(12)18(20)21;/h4-7,17H,3,8-10,15H2,1-2H3,(H,16,19);1H. The third-order valence-electron chi connectivity index (χ3n) is 3.34. The van der Waals surface area contributed by atoms with E-state index in [1.807, 2.05) is 6.92 Å². The number of nitro groups is 1. The van der Waals surface area contributed by atoms with Crippen LogP contribution in [0.3, 0.4) is 0 Å². The molecule has 0 fully saturated rings. The Morgan fingerprint density at radius 3 is 2.48 bits per heavy atom. The van der Waals surface area contributed by atoms with Crippen molar-refractivity contribution in [3.63, 3.8) is 0 Å². The zero-order chi connectivity index (χ0) is 18.4. The van der Waals surface area contributed by atoms with Crippen LogP contribution < -0.4 is 15.8 Å². The van der Waals surface area contributed by atoms with E-state index in [-0.39, 0.29) is 31.4 Å². The number of nitrogens with one attached hydrogen (secondary N) is 2. The summed E-state index contributed by atoms with van der Waals surface area (Å²) in [7, 11) is -4.05. The van der Waals surface area contributed by atoms with E-state index in [1.54, 1.807) is 6.92 Å². The van der Waals surface area contributed by atoms with E-state index in [0.717, 1.165) is 18.6 Å². The molecule has 0 saturated carbocycles. The highest BCUT2D eigenvalue weighted by atomic mass is 35.5. The number of amides is 1. The van der Waals surface area contributed by atoms with Gasteiger partial charge in [0.15, 0.2) is 4.90 Å². The average molecular weight is 395 g/mol. The Morgan fingerprint density at radius 1 is 1.32 bits per heavy atom. The molecule has 0 spiro atoms. The number of nitro benzene ring substituents is 1. The lowest BCUT2D eigenvalue weighted by molar-refractivity contribution is -0.387. The predicted molar refractivity (Wildman–Crippen MR) is 96.0 cm³/mol. The van der Waals surface area contributed by atoms with Gasteiger partial charge in [0.05, 0.1) is 10.5 Å². The van der Waals surface area contributed by atoms with E-state index in [1.165, 1.54) is 12.1 Å². The molecule has 1 aromatic rings. The number of sulfonamides is 1. The summed E-state index contributed by atoms with van der Waals surface area (Å²) in [5.74, 6) is -0.380. The van der Waals surface area contributed by atoms with Crippen LogP contribution in [0.5, 0.6) is 0 Å². The molecule has 1 aromatic carbocycles. The van der Waals surface area contributed by atoms with E-state index in [0.29, 0.717) is 6.42 Å². The van der Waals surface area contributed by atoms with Gasteiger partial charge in [-0.15, -0.1) is 12.4 Å². The minimum atomic E-state index is -4.05. The fourth-order valence-corrected chi connectivity index (χ4v) is 3.31. The third kappa shape index (κ3) is 6.58. The van der Waals surface area contributed by atoms with Crippen molar-refractivity contribution in [3.8, 4) is 0 Å². The zero-order valence-corrected chi connectivity index (χ0v) is 15.7. The summed E-state index contributed by atoms with van der Waals surface area (Å²) in [5.41, 5.74) is 4.33. The molecular formula is C14H23ClN4O5S. The zero-order valence-electron chi connectivity index (χ0n) is 14.0. The molecule has 1 amide bonds. The molecule has 1 rings (SSSR count). The normalized spacial score (nSPS) is 13.4. The number of nitrogens with two attached hydrogens (primary N) is 1. The van der Waals surface area contributed by atoms with E-state index in [9.17, 15) is 23.3 Å². The Labute approximate surface area is 153 Å². The highest BCUT2D eigenvalue weighted by Gasteiger charge is 2.27. The van der Waals surface area contributed by atoms with Crippen molar-refractivity contribution < 1.29 is 18.1 Å². The largest absolute Gasteiger partial charge is 0.353 e. The maximum absolute atomic E-state index is 12.1. The Kier molecular flexibility index (Phi) is 8.98. The number of rotatable bonds is 9. The van der Waals surface area contributed by atoms with Crippen LogP contribution in [0.15, 0.2) is 29.2 Å². The second-order valence-electron chi connectivity index (χ2n) is 5.55. The molecule has 4 N–H and O–H groups in total. The summed E-state index contributed by atoms with van der Waals surface area (Å²) in [5, 5.41) is 13.4. The Hall–Kier alpha value is -1.75. The summed E-state index contributed by atoms with van der Waals surface area (Å²) in [6.07, 6.45) is 1.24. The molecule has 142 valence electrons. The fraction of sp³-hybridized carbons (Fsp3) is 0.500. The van der Waals surface area contributed by atoms with Crippen LogP contribution in [0.2, 0.25) is 0 Å². The molecule has 25 heavy (non-hydrogen) atoms. The van der Waals surface area contributed by atoms with Gasteiger partial charge in [-0.2, -0.15) is 0 Å². The number of para-hydroxylation sites is 1. The molecule has 0 radical (unpaired) electrons. The summed E-state index contributed by atoms with van der Waals surface area (Å²) < 4.78 is 26.5. The second kappa shape index (κ2) is 9.66. The lowest BCUT2D eigenvalue weighted by Crippen LogP contribution is -2.52. The Morgan fingerprint density at radius 2 is 1.92 bits per heavy atom. The fourth-order valence-electron chi connectivity index (χ4n) is 2.11. The van der Waals surface area contributed by atoms with Gasteiger partial charge in [-0.05, 0) is 19.4 Å². The first kappa shape index (κ1) is 23.2. The minimum Gasteiger partial charge on any atom is -0.353 e. The minimum absolute atomic E-state index is 0. The first-order valence-electron chi connectivity index (χ1n) is 7.42. The van der Waals surface area contributed by atoms with Crippen LogP contribution in [-0.2, 0) is 14.8 Å². The van der Waals surface area contributed by atoms with Crippen LogP contribution in [0.1, 0.15) is 26.7 Å². The van der Waals surface area contributed by atoms with Gasteiger partial charge in [-0.3, -0.25) is 14.9 Å². The maximum atomic E-state index is 12.1. The van der Waals surface area contributed by atoms with E-state index in [4.69, 9.17) is 5.73 Å². The van der Waals surface area contributed by atoms with E-state index in [2.05, 4.69) is 10.0 Å². The van der Waals surface area contributed by atoms with Crippen LogP contribution in [-0.4, -0.2) is 37.9 Å². The first-order valence-corrected chi connectivity index (χ1v) is 8.90.